The smallest absolute Gasteiger partial charge is 0.224 e. The van der Waals surface area contributed by atoms with Gasteiger partial charge in [-0.05, 0) is 48.2 Å². The van der Waals surface area contributed by atoms with Crippen LogP contribution in [0.1, 0.15) is 30.4 Å². The lowest BCUT2D eigenvalue weighted by molar-refractivity contribution is -0.116. The molecule has 1 unspecified atom stereocenters. The Labute approximate surface area is 133 Å². The number of carbonyl (C=O) groups excluding carboxylic acids is 1. The summed E-state index contributed by atoms with van der Waals surface area (Å²) in [5.41, 5.74) is 9.42. The average molecular weight is 347 g/mol. The molecule has 0 aliphatic carbocycles. The van der Waals surface area contributed by atoms with Crippen molar-refractivity contribution in [2.45, 2.75) is 26.2 Å². The van der Waals surface area contributed by atoms with Crippen LogP contribution in [0.25, 0.3) is 0 Å². The van der Waals surface area contributed by atoms with E-state index in [1.807, 2.05) is 56.3 Å². The van der Waals surface area contributed by atoms with Gasteiger partial charge < -0.3 is 11.1 Å². The molecule has 4 heteroatoms. The lowest BCUT2D eigenvalue weighted by atomic mass is 9.97. The minimum absolute atomic E-state index is 0.0144. The molecule has 0 aliphatic rings. The molecule has 0 aromatic heterocycles. The van der Waals surface area contributed by atoms with Gasteiger partial charge in [0.25, 0.3) is 0 Å². The lowest BCUT2D eigenvalue weighted by Crippen LogP contribution is -2.15. The van der Waals surface area contributed by atoms with Crippen LogP contribution in [0.4, 0.5) is 11.4 Å². The molecule has 2 rings (SSSR count). The largest absolute Gasteiger partial charge is 0.399 e. The van der Waals surface area contributed by atoms with E-state index in [0.717, 1.165) is 27.0 Å². The summed E-state index contributed by atoms with van der Waals surface area (Å²) in [5.74, 6) is 0.165. The van der Waals surface area contributed by atoms with Crippen LogP contribution < -0.4 is 11.1 Å². The third-order valence-corrected chi connectivity index (χ3v) is 3.96. The molecule has 3 nitrogen and oxygen atoms in total. The third kappa shape index (κ3) is 4.33. The van der Waals surface area contributed by atoms with Crippen molar-refractivity contribution in [2.24, 2.45) is 0 Å². The van der Waals surface area contributed by atoms with Crippen molar-refractivity contribution in [1.82, 2.24) is 0 Å². The van der Waals surface area contributed by atoms with Gasteiger partial charge in [-0.3, -0.25) is 4.79 Å². The van der Waals surface area contributed by atoms with Crippen LogP contribution in [0.3, 0.4) is 0 Å². The molecule has 3 N–H and O–H groups in total. The molecular formula is C17H19BrN2O. The molecule has 1 amide bonds. The van der Waals surface area contributed by atoms with Crippen LogP contribution in [-0.2, 0) is 4.79 Å². The van der Waals surface area contributed by atoms with E-state index in [-0.39, 0.29) is 11.8 Å². The highest BCUT2D eigenvalue weighted by atomic mass is 79.9. The molecule has 0 bridgehead atoms. The maximum atomic E-state index is 12.2. The molecule has 0 saturated carbocycles. The second-order valence-electron chi connectivity index (χ2n) is 5.28. The zero-order valence-electron chi connectivity index (χ0n) is 12.2. The normalized spacial score (nSPS) is 12.0. The molecule has 0 fully saturated rings. The first-order valence-corrected chi connectivity index (χ1v) is 7.66. The van der Waals surface area contributed by atoms with E-state index in [0.29, 0.717) is 6.42 Å². The number of nitrogens with one attached hydrogen (secondary N) is 1. The summed E-state index contributed by atoms with van der Waals surface area (Å²) < 4.78 is 0.954. The molecule has 0 heterocycles. The summed E-state index contributed by atoms with van der Waals surface area (Å²) in [5, 5.41) is 2.97. The van der Waals surface area contributed by atoms with Crippen molar-refractivity contribution in [2.75, 3.05) is 11.1 Å². The summed E-state index contributed by atoms with van der Waals surface area (Å²) in [6.45, 7) is 4.02. The van der Waals surface area contributed by atoms with Crippen LogP contribution in [0.15, 0.2) is 46.9 Å². The highest BCUT2D eigenvalue weighted by molar-refractivity contribution is 9.10. The van der Waals surface area contributed by atoms with Crippen LogP contribution in [0.5, 0.6) is 0 Å². The van der Waals surface area contributed by atoms with Gasteiger partial charge >= 0.3 is 0 Å². The fourth-order valence-electron chi connectivity index (χ4n) is 2.15. The molecule has 1 atom stereocenters. The summed E-state index contributed by atoms with van der Waals surface area (Å²) >= 11 is 3.42. The second kappa shape index (κ2) is 6.76. The number of rotatable bonds is 4. The minimum atomic E-state index is 0.0144. The number of benzene rings is 2. The van der Waals surface area contributed by atoms with E-state index >= 15 is 0 Å². The maximum absolute atomic E-state index is 12.2. The Hall–Kier alpha value is -1.81. The number of nitrogens with two attached hydrogens (primary N) is 1. The van der Waals surface area contributed by atoms with Gasteiger partial charge in [0.05, 0.1) is 0 Å². The van der Waals surface area contributed by atoms with Crippen molar-refractivity contribution in [1.29, 1.82) is 0 Å². The predicted octanol–water partition coefficient (Wildman–Crippen LogP) is 4.47. The molecule has 0 spiro atoms. The monoisotopic (exact) mass is 346 g/mol. The molecular weight excluding hydrogens is 328 g/mol. The Bertz CT molecular complexity index is 638. The van der Waals surface area contributed by atoms with E-state index in [4.69, 9.17) is 5.73 Å². The van der Waals surface area contributed by atoms with Crippen molar-refractivity contribution < 1.29 is 4.79 Å². The van der Waals surface area contributed by atoms with Crippen molar-refractivity contribution in [3.63, 3.8) is 0 Å². The van der Waals surface area contributed by atoms with E-state index < -0.39 is 0 Å². The van der Waals surface area contributed by atoms with Crippen LogP contribution >= 0.6 is 15.9 Å². The first kappa shape index (κ1) is 15.6. The molecule has 2 aromatic carbocycles. The van der Waals surface area contributed by atoms with Gasteiger partial charge in [0.15, 0.2) is 0 Å². The predicted molar refractivity (Wildman–Crippen MR) is 91.4 cm³/mol. The maximum Gasteiger partial charge on any atom is 0.224 e. The molecule has 110 valence electrons. The Kier molecular flexibility index (Phi) is 5.02. The zero-order valence-corrected chi connectivity index (χ0v) is 13.8. The molecule has 0 radical (unpaired) electrons. The highest BCUT2D eigenvalue weighted by Gasteiger charge is 2.12. The number of aryl methyl sites for hydroxylation is 1. The molecule has 0 saturated heterocycles. The molecule has 0 aliphatic heterocycles. The Morgan fingerprint density at radius 1 is 1.24 bits per heavy atom. The second-order valence-corrected chi connectivity index (χ2v) is 6.19. The first-order chi connectivity index (χ1) is 9.95. The van der Waals surface area contributed by atoms with Gasteiger partial charge in [-0.2, -0.15) is 0 Å². The Balaban J connectivity index is 2.01. The van der Waals surface area contributed by atoms with E-state index in [1.165, 1.54) is 0 Å². The Morgan fingerprint density at radius 3 is 2.57 bits per heavy atom. The minimum Gasteiger partial charge on any atom is -0.399 e. The van der Waals surface area contributed by atoms with E-state index in [1.54, 1.807) is 0 Å². The fourth-order valence-corrected chi connectivity index (χ4v) is 2.51. The number of halogens is 1. The summed E-state index contributed by atoms with van der Waals surface area (Å²) in [6, 6.07) is 13.5. The van der Waals surface area contributed by atoms with Gasteiger partial charge in [-0.15, -0.1) is 0 Å². The third-order valence-electron chi connectivity index (χ3n) is 3.47. The Morgan fingerprint density at radius 2 is 1.90 bits per heavy atom. The van der Waals surface area contributed by atoms with Gasteiger partial charge in [-0.25, -0.2) is 0 Å². The SMILES string of the molecule is Cc1ccc(Br)cc1NC(=O)CC(C)c1ccc(N)cc1. The quantitative estimate of drug-likeness (QED) is 0.802. The summed E-state index contributed by atoms with van der Waals surface area (Å²) in [4.78, 5) is 12.2. The van der Waals surface area contributed by atoms with Crippen LogP contribution in [0.2, 0.25) is 0 Å². The van der Waals surface area contributed by atoms with E-state index in [9.17, 15) is 4.79 Å². The van der Waals surface area contributed by atoms with Gasteiger partial charge in [0.1, 0.15) is 0 Å². The van der Waals surface area contributed by atoms with Gasteiger partial charge in [0, 0.05) is 22.3 Å². The standard InChI is InChI=1S/C17H19BrN2O/c1-11-3-6-14(18)10-16(11)20-17(21)9-12(2)13-4-7-15(19)8-5-13/h3-8,10,12H,9,19H2,1-2H3,(H,20,21). The molecule has 21 heavy (non-hydrogen) atoms. The zero-order chi connectivity index (χ0) is 15.4. The average Bonchev–Trinajstić information content (AvgIpc) is 2.43. The lowest BCUT2D eigenvalue weighted by Gasteiger charge is -2.13. The van der Waals surface area contributed by atoms with Crippen molar-refractivity contribution >= 4 is 33.2 Å². The number of hydrogen-bond acceptors (Lipinski definition) is 2. The summed E-state index contributed by atoms with van der Waals surface area (Å²) in [6.07, 6.45) is 0.440. The van der Waals surface area contributed by atoms with Crippen LogP contribution in [0, 0.1) is 6.92 Å². The fraction of sp³-hybridized carbons (Fsp3) is 0.235. The first-order valence-electron chi connectivity index (χ1n) is 6.87. The number of anilines is 2. The molecule has 2 aromatic rings. The highest BCUT2D eigenvalue weighted by Crippen LogP contribution is 2.23. The topological polar surface area (TPSA) is 55.1 Å². The van der Waals surface area contributed by atoms with Gasteiger partial charge in [0.2, 0.25) is 5.91 Å². The van der Waals surface area contributed by atoms with Crippen molar-refractivity contribution in [3.05, 3.63) is 58.1 Å². The number of hydrogen-bond donors (Lipinski definition) is 2. The van der Waals surface area contributed by atoms with Gasteiger partial charge in [-0.1, -0.05) is 41.1 Å². The number of nitrogen functional groups attached to an aromatic ring is 1. The van der Waals surface area contributed by atoms with E-state index in [2.05, 4.69) is 21.2 Å². The van der Waals surface area contributed by atoms with Crippen molar-refractivity contribution in [3.8, 4) is 0 Å². The summed E-state index contributed by atoms with van der Waals surface area (Å²) in [7, 11) is 0. The van der Waals surface area contributed by atoms with Crippen LogP contribution in [-0.4, -0.2) is 5.91 Å². The number of carbonyl (C=O) groups is 1. The number of amides is 1.